The van der Waals surface area contributed by atoms with E-state index in [1.54, 1.807) is 13.8 Å². The summed E-state index contributed by atoms with van der Waals surface area (Å²) in [6, 6.07) is 11.1. The Morgan fingerprint density at radius 2 is 1.81 bits per heavy atom. The number of aliphatic hydroxyl groups is 1. The third kappa shape index (κ3) is 4.36. The molecule has 0 saturated heterocycles. The highest BCUT2D eigenvalue weighted by molar-refractivity contribution is 5.95. The van der Waals surface area contributed by atoms with E-state index in [0.29, 0.717) is 6.61 Å². The van der Waals surface area contributed by atoms with Gasteiger partial charge < -0.3 is 9.84 Å². The first-order valence-corrected chi connectivity index (χ1v) is 9.65. The molecule has 0 spiro atoms. The molecule has 0 aliphatic carbocycles. The SMILES string of the molecule is C/C=C(\CC)c1c(C)ccc2cc(CCOC(C)(C)C(C)(C)O)ccc12. The highest BCUT2D eigenvalue weighted by Gasteiger charge is 2.35. The summed E-state index contributed by atoms with van der Waals surface area (Å²) < 4.78 is 5.97. The van der Waals surface area contributed by atoms with Gasteiger partial charge in [-0.3, -0.25) is 0 Å². The van der Waals surface area contributed by atoms with Crippen LogP contribution in [0.4, 0.5) is 0 Å². The molecule has 26 heavy (non-hydrogen) atoms. The third-order valence-electron chi connectivity index (χ3n) is 5.67. The Bertz CT molecular complexity index is 792. The average Bonchev–Trinajstić information content (AvgIpc) is 2.56. The summed E-state index contributed by atoms with van der Waals surface area (Å²) in [5.41, 5.74) is 3.92. The van der Waals surface area contributed by atoms with Gasteiger partial charge in [-0.15, -0.1) is 0 Å². The molecular weight excluding hydrogens is 320 g/mol. The highest BCUT2D eigenvalue weighted by Crippen LogP contribution is 2.31. The van der Waals surface area contributed by atoms with Gasteiger partial charge in [-0.25, -0.2) is 0 Å². The van der Waals surface area contributed by atoms with Gasteiger partial charge in [0.2, 0.25) is 0 Å². The van der Waals surface area contributed by atoms with Gasteiger partial charge in [0.1, 0.15) is 0 Å². The van der Waals surface area contributed by atoms with Crippen LogP contribution in [0.25, 0.3) is 16.3 Å². The molecule has 0 radical (unpaired) electrons. The van der Waals surface area contributed by atoms with Gasteiger partial charge in [0, 0.05) is 0 Å². The third-order valence-corrected chi connectivity index (χ3v) is 5.67. The number of hydrogen-bond donors (Lipinski definition) is 1. The molecule has 2 heteroatoms. The number of rotatable bonds is 7. The summed E-state index contributed by atoms with van der Waals surface area (Å²) >= 11 is 0. The Morgan fingerprint density at radius 3 is 2.38 bits per heavy atom. The number of benzene rings is 2. The predicted molar refractivity (Wildman–Crippen MR) is 113 cm³/mol. The van der Waals surface area contributed by atoms with Crippen molar-refractivity contribution in [3.05, 3.63) is 53.1 Å². The van der Waals surface area contributed by atoms with Crippen LogP contribution in [0.15, 0.2) is 36.4 Å². The first-order chi connectivity index (χ1) is 12.1. The standard InChI is InChI=1S/C24H34O2/c1-8-19(9-2)22-17(3)10-12-20-16-18(11-13-21(20)22)14-15-26-24(6,7)23(4,5)25/h8,10-13,16,25H,9,14-15H2,1-7H3/b19-8+. The monoisotopic (exact) mass is 354 g/mol. The van der Waals surface area contributed by atoms with E-state index in [0.717, 1.165) is 12.8 Å². The molecule has 0 bridgehead atoms. The van der Waals surface area contributed by atoms with Crippen molar-refractivity contribution in [1.82, 2.24) is 0 Å². The molecule has 0 saturated carbocycles. The maximum atomic E-state index is 10.2. The van der Waals surface area contributed by atoms with Crippen LogP contribution in [0.2, 0.25) is 0 Å². The second kappa shape index (κ2) is 7.94. The normalized spacial score (nSPS) is 13.5. The summed E-state index contributed by atoms with van der Waals surface area (Å²) in [5.74, 6) is 0. The summed E-state index contributed by atoms with van der Waals surface area (Å²) in [4.78, 5) is 0. The fraction of sp³-hybridized carbons (Fsp3) is 0.500. The fourth-order valence-corrected chi connectivity index (χ4v) is 3.20. The minimum Gasteiger partial charge on any atom is -0.387 e. The molecule has 0 aliphatic rings. The molecule has 2 aromatic carbocycles. The first kappa shape index (κ1) is 20.7. The van der Waals surface area contributed by atoms with Crippen molar-refractivity contribution in [2.24, 2.45) is 0 Å². The van der Waals surface area contributed by atoms with E-state index in [2.05, 4.69) is 57.2 Å². The average molecular weight is 355 g/mol. The maximum Gasteiger partial charge on any atom is 0.0906 e. The smallest absolute Gasteiger partial charge is 0.0906 e. The van der Waals surface area contributed by atoms with Crippen molar-refractivity contribution in [3.63, 3.8) is 0 Å². The van der Waals surface area contributed by atoms with Crippen LogP contribution in [0.5, 0.6) is 0 Å². The van der Waals surface area contributed by atoms with Gasteiger partial charge in [-0.05, 0) is 87.4 Å². The lowest BCUT2D eigenvalue weighted by Crippen LogP contribution is -2.47. The second-order valence-electron chi connectivity index (χ2n) is 8.15. The molecule has 0 atom stereocenters. The zero-order valence-electron chi connectivity index (χ0n) is 17.4. The highest BCUT2D eigenvalue weighted by atomic mass is 16.5. The van der Waals surface area contributed by atoms with E-state index < -0.39 is 11.2 Å². The molecule has 1 N–H and O–H groups in total. The van der Waals surface area contributed by atoms with Gasteiger partial charge in [0.05, 0.1) is 17.8 Å². The van der Waals surface area contributed by atoms with Crippen LogP contribution in [-0.4, -0.2) is 22.9 Å². The molecule has 0 aromatic heterocycles. The lowest BCUT2D eigenvalue weighted by Gasteiger charge is -2.37. The maximum absolute atomic E-state index is 10.2. The number of hydrogen-bond acceptors (Lipinski definition) is 2. The zero-order chi connectivity index (χ0) is 19.5. The summed E-state index contributed by atoms with van der Waals surface area (Å²) in [7, 11) is 0. The van der Waals surface area contributed by atoms with Crippen molar-refractivity contribution in [2.75, 3.05) is 6.61 Å². The number of ether oxygens (including phenoxy) is 1. The molecule has 142 valence electrons. The molecule has 0 amide bonds. The van der Waals surface area contributed by atoms with Crippen molar-refractivity contribution in [3.8, 4) is 0 Å². The Morgan fingerprint density at radius 1 is 1.12 bits per heavy atom. The first-order valence-electron chi connectivity index (χ1n) is 9.65. The van der Waals surface area contributed by atoms with E-state index in [1.165, 1.54) is 33.0 Å². The Labute approximate surface area is 158 Å². The van der Waals surface area contributed by atoms with Gasteiger partial charge >= 0.3 is 0 Å². The van der Waals surface area contributed by atoms with E-state index in [9.17, 15) is 5.11 Å². The van der Waals surface area contributed by atoms with Gasteiger partial charge in [-0.1, -0.05) is 43.3 Å². The molecule has 0 unspecified atom stereocenters. The lowest BCUT2D eigenvalue weighted by atomic mass is 9.89. The Kier molecular flexibility index (Phi) is 6.31. The van der Waals surface area contributed by atoms with Crippen LogP contribution in [0.1, 0.15) is 64.7 Å². The minimum atomic E-state index is -0.869. The number of aryl methyl sites for hydroxylation is 1. The molecular formula is C24H34O2. The fourth-order valence-electron chi connectivity index (χ4n) is 3.20. The van der Waals surface area contributed by atoms with Crippen LogP contribution in [-0.2, 0) is 11.2 Å². The molecule has 2 aromatic rings. The summed E-state index contributed by atoms with van der Waals surface area (Å²) in [6.45, 7) is 14.6. The second-order valence-corrected chi connectivity index (χ2v) is 8.15. The number of fused-ring (bicyclic) bond motifs is 1. The lowest BCUT2D eigenvalue weighted by molar-refractivity contribution is -0.146. The summed E-state index contributed by atoms with van der Waals surface area (Å²) in [6.07, 6.45) is 4.10. The Balaban J connectivity index is 2.24. The van der Waals surface area contributed by atoms with Gasteiger partial charge in [0.15, 0.2) is 0 Å². The van der Waals surface area contributed by atoms with E-state index in [1.807, 2.05) is 13.8 Å². The molecule has 0 heterocycles. The van der Waals surface area contributed by atoms with Gasteiger partial charge in [0.25, 0.3) is 0 Å². The number of allylic oxidation sites excluding steroid dienone is 2. The largest absolute Gasteiger partial charge is 0.387 e. The van der Waals surface area contributed by atoms with Crippen molar-refractivity contribution >= 4 is 16.3 Å². The molecule has 2 rings (SSSR count). The van der Waals surface area contributed by atoms with Crippen molar-refractivity contribution < 1.29 is 9.84 Å². The molecule has 2 nitrogen and oxygen atoms in total. The minimum absolute atomic E-state index is 0.573. The van der Waals surface area contributed by atoms with Crippen molar-refractivity contribution in [1.29, 1.82) is 0 Å². The predicted octanol–water partition coefficient (Wildman–Crippen LogP) is 6.07. The molecule has 0 aliphatic heterocycles. The quantitative estimate of drug-likeness (QED) is 0.654. The summed E-state index contributed by atoms with van der Waals surface area (Å²) in [5, 5.41) is 12.8. The Hall–Kier alpha value is -1.64. The zero-order valence-corrected chi connectivity index (χ0v) is 17.4. The molecule has 0 fully saturated rings. The van der Waals surface area contributed by atoms with Crippen LogP contribution in [0.3, 0.4) is 0 Å². The van der Waals surface area contributed by atoms with E-state index >= 15 is 0 Å². The van der Waals surface area contributed by atoms with E-state index in [-0.39, 0.29) is 0 Å². The van der Waals surface area contributed by atoms with Crippen LogP contribution in [0, 0.1) is 6.92 Å². The van der Waals surface area contributed by atoms with E-state index in [4.69, 9.17) is 4.74 Å². The van der Waals surface area contributed by atoms with Crippen molar-refractivity contribution in [2.45, 2.75) is 72.5 Å². The van der Waals surface area contributed by atoms with Gasteiger partial charge in [-0.2, -0.15) is 0 Å². The van der Waals surface area contributed by atoms with Crippen LogP contribution < -0.4 is 0 Å². The topological polar surface area (TPSA) is 29.5 Å². The van der Waals surface area contributed by atoms with Crippen LogP contribution >= 0.6 is 0 Å².